The van der Waals surface area contributed by atoms with Crippen LogP contribution in [0.3, 0.4) is 0 Å². The molecule has 2 saturated heterocycles. The van der Waals surface area contributed by atoms with Crippen molar-refractivity contribution in [2.45, 2.75) is 62.3 Å². The van der Waals surface area contributed by atoms with Crippen molar-refractivity contribution in [2.24, 2.45) is 0 Å². The number of anilines is 1. The van der Waals surface area contributed by atoms with Gasteiger partial charge in [-0.15, -0.1) is 11.3 Å². The molecular weight excluding hydrogens is 344 g/mol. The van der Waals surface area contributed by atoms with Crippen LogP contribution in [0.15, 0.2) is 0 Å². The Morgan fingerprint density at radius 1 is 1.29 bits per heavy atom. The molecular formula is C16H22N4O2S2. The zero-order valence-corrected chi connectivity index (χ0v) is 15.1. The predicted molar refractivity (Wildman–Crippen MR) is 96.7 cm³/mol. The van der Waals surface area contributed by atoms with E-state index in [4.69, 9.17) is 0 Å². The van der Waals surface area contributed by atoms with E-state index in [1.807, 2.05) is 11.8 Å². The zero-order valence-electron chi connectivity index (χ0n) is 13.5. The molecule has 3 aliphatic rings. The summed E-state index contributed by atoms with van der Waals surface area (Å²) in [5.74, 6) is 1.05. The molecule has 0 saturated carbocycles. The fraction of sp³-hybridized carbons (Fsp3) is 0.688. The number of aromatic nitrogens is 1. The Hall–Kier alpha value is -1.28. The van der Waals surface area contributed by atoms with Crippen molar-refractivity contribution < 1.29 is 9.59 Å². The van der Waals surface area contributed by atoms with Gasteiger partial charge in [-0.1, -0.05) is 6.42 Å². The topological polar surface area (TPSA) is 83.1 Å². The van der Waals surface area contributed by atoms with Crippen molar-refractivity contribution in [1.29, 1.82) is 0 Å². The van der Waals surface area contributed by atoms with Gasteiger partial charge in [-0.25, -0.2) is 9.78 Å². The summed E-state index contributed by atoms with van der Waals surface area (Å²) >= 11 is 3.55. The number of hydrogen-bond donors (Lipinski definition) is 3. The Labute approximate surface area is 149 Å². The molecule has 3 heterocycles. The molecule has 4 rings (SSSR count). The molecule has 1 aliphatic carbocycles. The van der Waals surface area contributed by atoms with Gasteiger partial charge in [0.1, 0.15) is 0 Å². The standard InChI is InChI=1S/C16H22N4O2S2/c21-13(19-16-18-9-4-3-6-11(9)24-16)7-2-1-5-12-14-10(8-23-12)17-15(22)20-14/h10,12,14H,1-8H2,(H2,17,20,22)(H,18,19,21)/t10-,12+,14+/m0/s1. The third-order valence-electron chi connectivity index (χ3n) is 4.92. The van der Waals surface area contributed by atoms with Crippen LogP contribution in [-0.2, 0) is 17.6 Å². The van der Waals surface area contributed by atoms with Gasteiger partial charge >= 0.3 is 6.03 Å². The maximum absolute atomic E-state index is 12.0. The lowest BCUT2D eigenvalue weighted by atomic mass is 10.0. The molecule has 8 heteroatoms. The molecule has 2 fully saturated rings. The molecule has 130 valence electrons. The third kappa shape index (κ3) is 3.39. The van der Waals surface area contributed by atoms with Crippen LogP contribution in [0.1, 0.15) is 42.7 Å². The van der Waals surface area contributed by atoms with Crippen LogP contribution in [0.5, 0.6) is 0 Å². The first-order chi connectivity index (χ1) is 11.7. The van der Waals surface area contributed by atoms with Crippen molar-refractivity contribution in [1.82, 2.24) is 15.6 Å². The van der Waals surface area contributed by atoms with E-state index < -0.39 is 0 Å². The number of urea groups is 1. The van der Waals surface area contributed by atoms with Gasteiger partial charge in [0.05, 0.1) is 17.8 Å². The summed E-state index contributed by atoms with van der Waals surface area (Å²) in [6.45, 7) is 0. The fourth-order valence-corrected chi connectivity index (χ4v) is 6.31. The average Bonchev–Trinajstić information content (AvgIpc) is 3.25. The van der Waals surface area contributed by atoms with E-state index in [1.54, 1.807) is 11.3 Å². The van der Waals surface area contributed by atoms with Gasteiger partial charge < -0.3 is 16.0 Å². The van der Waals surface area contributed by atoms with Crippen LogP contribution in [-0.4, -0.2) is 40.0 Å². The highest BCUT2D eigenvalue weighted by molar-refractivity contribution is 8.00. The number of unbranched alkanes of at least 4 members (excludes halogenated alkanes) is 1. The number of aryl methyl sites for hydroxylation is 2. The summed E-state index contributed by atoms with van der Waals surface area (Å²) in [5, 5.41) is 10.1. The Morgan fingerprint density at radius 2 is 2.21 bits per heavy atom. The largest absolute Gasteiger partial charge is 0.332 e. The predicted octanol–water partition coefficient (Wildman–Crippen LogP) is 2.30. The molecule has 0 radical (unpaired) electrons. The number of fused-ring (bicyclic) bond motifs is 2. The van der Waals surface area contributed by atoms with Gasteiger partial charge in [-0.05, 0) is 32.1 Å². The maximum Gasteiger partial charge on any atom is 0.315 e. The first-order valence-electron chi connectivity index (χ1n) is 8.66. The highest BCUT2D eigenvalue weighted by atomic mass is 32.2. The second-order valence-corrected chi connectivity index (χ2v) is 9.01. The zero-order chi connectivity index (χ0) is 16.5. The minimum Gasteiger partial charge on any atom is -0.332 e. The number of carbonyl (C=O) groups is 2. The minimum atomic E-state index is -0.0370. The van der Waals surface area contributed by atoms with Gasteiger partial charge in [0.15, 0.2) is 5.13 Å². The van der Waals surface area contributed by atoms with Gasteiger partial charge in [0.2, 0.25) is 5.91 Å². The Balaban J connectivity index is 1.16. The van der Waals surface area contributed by atoms with Crippen molar-refractivity contribution in [3.63, 3.8) is 0 Å². The molecule has 6 nitrogen and oxygen atoms in total. The van der Waals surface area contributed by atoms with Gasteiger partial charge in [-0.3, -0.25) is 4.79 Å². The quantitative estimate of drug-likeness (QED) is 0.533. The maximum atomic E-state index is 12.0. The van der Waals surface area contributed by atoms with E-state index in [0.717, 1.165) is 43.0 Å². The Kier molecular flexibility index (Phi) is 4.67. The number of nitrogens with one attached hydrogen (secondary N) is 3. The highest BCUT2D eigenvalue weighted by Crippen LogP contribution is 2.33. The van der Waals surface area contributed by atoms with Crippen molar-refractivity contribution >= 4 is 40.2 Å². The molecule has 2 aliphatic heterocycles. The van der Waals surface area contributed by atoms with Crippen molar-refractivity contribution in [2.75, 3.05) is 11.1 Å². The minimum absolute atomic E-state index is 0.0370. The SMILES string of the molecule is O=C(CCCC[C@H]1SC[C@@H]2NC(=O)N[C@H]21)Nc1nc2c(s1)CCC2. The van der Waals surface area contributed by atoms with Crippen LogP contribution in [0.2, 0.25) is 0 Å². The summed E-state index contributed by atoms with van der Waals surface area (Å²) in [6.07, 6.45) is 6.83. The average molecular weight is 367 g/mol. The molecule has 24 heavy (non-hydrogen) atoms. The Morgan fingerprint density at radius 3 is 3.08 bits per heavy atom. The molecule has 3 amide bonds. The normalized spacial score (nSPS) is 27.5. The number of nitrogens with zero attached hydrogens (tertiary/aromatic N) is 1. The van der Waals surface area contributed by atoms with Gasteiger partial charge in [0, 0.05) is 22.3 Å². The van der Waals surface area contributed by atoms with Gasteiger partial charge in [-0.2, -0.15) is 11.8 Å². The fourth-order valence-electron chi connectivity index (χ4n) is 3.70. The lowest BCUT2D eigenvalue weighted by Gasteiger charge is -2.16. The van der Waals surface area contributed by atoms with Crippen LogP contribution in [0.4, 0.5) is 9.93 Å². The van der Waals surface area contributed by atoms with Crippen LogP contribution < -0.4 is 16.0 Å². The summed E-state index contributed by atoms with van der Waals surface area (Å²) < 4.78 is 0. The molecule has 1 aromatic heterocycles. The summed E-state index contributed by atoms with van der Waals surface area (Å²) in [5.41, 5.74) is 1.18. The van der Waals surface area contributed by atoms with Crippen molar-refractivity contribution in [3.8, 4) is 0 Å². The van der Waals surface area contributed by atoms with Crippen LogP contribution >= 0.6 is 23.1 Å². The first kappa shape index (κ1) is 16.2. The van der Waals surface area contributed by atoms with E-state index in [-0.39, 0.29) is 24.0 Å². The van der Waals surface area contributed by atoms with Crippen molar-refractivity contribution in [3.05, 3.63) is 10.6 Å². The summed E-state index contributed by atoms with van der Waals surface area (Å²) in [6, 6.07) is 0.502. The smallest absolute Gasteiger partial charge is 0.315 e. The molecule has 1 aromatic rings. The molecule has 3 N–H and O–H groups in total. The van der Waals surface area contributed by atoms with E-state index in [2.05, 4.69) is 20.9 Å². The van der Waals surface area contributed by atoms with E-state index in [0.29, 0.717) is 11.7 Å². The second-order valence-electron chi connectivity index (χ2n) is 6.66. The Bertz CT molecular complexity index is 627. The number of rotatable bonds is 6. The summed E-state index contributed by atoms with van der Waals surface area (Å²) in [7, 11) is 0. The number of thioether (sulfide) groups is 1. The van der Waals surface area contributed by atoms with E-state index in [1.165, 1.54) is 17.0 Å². The van der Waals surface area contributed by atoms with Crippen LogP contribution in [0.25, 0.3) is 0 Å². The summed E-state index contributed by atoms with van der Waals surface area (Å²) in [4.78, 5) is 29.2. The highest BCUT2D eigenvalue weighted by Gasteiger charge is 2.42. The second kappa shape index (κ2) is 6.92. The van der Waals surface area contributed by atoms with E-state index in [9.17, 15) is 9.59 Å². The van der Waals surface area contributed by atoms with Gasteiger partial charge in [0.25, 0.3) is 0 Å². The molecule has 0 unspecified atom stereocenters. The number of hydrogen-bond acceptors (Lipinski definition) is 5. The number of thiazole rings is 1. The molecule has 0 spiro atoms. The third-order valence-corrected chi connectivity index (χ3v) is 7.50. The molecule has 0 bridgehead atoms. The monoisotopic (exact) mass is 366 g/mol. The first-order valence-corrected chi connectivity index (χ1v) is 10.5. The number of carbonyl (C=O) groups excluding carboxylic acids is 2. The lowest BCUT2D eigenvalue weighted by Crippen LogP contribution is -2.36. The van der Waals surface area contributed by atoms with Crippen LogP contribution in [0, 0.1) is 0 Å². The molecule has 3 atom stereocenters. The molecule has 0 aromatic carbocycles. The number of amides is 3. The van der Waals surface area contributed by atoms with E-state index >= 15 is 0 Å². The lowest BCUT2D eigenvalue weighted by molar-refractivity contribution is -0.116.